The van der Waals surface area contributed by atoms with Crippen LogP contribution in [0.2, 0.25) is 0 Å². The number of amides is 2. The highest BCUT2D eigenvalue weighted by Gasteiger charge is 2.36. The number of urea groups is 1. The van der Waals surface area contributed by atoms with Crippen LogP contribution in [0.5, 0.6) is 0 Å². The topological polar surface area (TPSA) is 86.7 Å². The Morgan fingerprint density at radius 3 is 2.81 bits per heavy atom. The average Bonchev–Trinajstić information content (AvgIpc) is 3.51. The van der Waals surface area contributed by atoms with Crippen molar-refractivity contribution in [3.8, 4) is 11.1 Å². The number of aliphatic hydroxyl groups excluding tert-OH is 1. The molecule has 0 spiro atoms. The first kappa shape index (κ1) is 26.0. The number of benzene rings is 1. The minimum absolute atomic E-state index is 0.0477. The van der Waals surface area contributed by atoms with Gasteiger partial charge in [0.2, 0.25) is 0 Å². The van der Waals surface area contributed by atoms with Crippen molar-refractivity contribution < 1.29 is 27.8 Å². The maximum absolute atomic E-state index is 12.8. The summed E-state index contributed by atoms with van der Waals surface area (Å²) >= 11 is 0. The van der Waals surface area contributed by atoms with Gasteiger partial charge in [0, 0.05) is 36.8 Å². The largest absolute Gasteiger partial charge is 0.394 e. The molecule has 3 heterocycles. The molecule has 2 aliphatic heterocycles. The van der Waals surface area contributed by atoms with E-state index in [0.29, 0.717) is 37.7 Å². The van der Waals surface area contributed by atoms with Gasteiger partial charge in [-0.1, -0.05) is 12.1 Å². The first-order valence-corrected chi connectivity index (χ1v) is 12.0. The molecule has 7 nitrogen and oxygen atoms in total. The molecule has 2 amide bonds. The maximum atomic E-state index is 12.8. The summed E-state index contributed by atoms with van der Waals surface area (Å²) in [4.78, 5) is 18.9. The Kier molecular flexibility index (Phi) is 7.85. The van der Waals surface area contributed by atoms with E-state index in [2.05, 4.69) is 15.6 Å². The van der Waals surface area contributed by atoms with Gasteiger partial charge in [-0.05, 0) is 67.1 Å². The van der Waals surface area contributed by atoms with E-state index in [-0.39, 0.29) is 19.2 Å². The fourth-order valence-electron chi connectivity index (χ4n) is 4.51. The van der Waals surface area contributed by atoms with Gasteiger partial charge in [-0.25, -0.2) is 9.78 Å². The number of hydrogen-bond donors (Lipinski definition) is 3. The van der Waals surface area contributed by atoms with Gasteiger partial charge in [-0.3, -0.25) is 0 Å². The molecule has 2 aromatic rings. The number of alkyl halides is 3. The van der Waals surface area contributed by atoms with Crippen LogP contribution in [0.4, 0.5) is 29.5 Å². The number of ether oxygens (including phenoxy) is 1. The van der Waals surface area contributed by atoms with E-state index in [1.807, 2.05) is 44.2 Å². The minimum atomic E-state index is -4.23. The molecule has 36 heavy (non-hydrogen) atoms. The lowest BCUT2D eigenvalue weighted by Gasteiger charge is -2.19. The number of aliphatic hydroxyl groups is 1. The van der Waals surface area contributed by atoms with Crippen LogP contribution in [-0.4, -0.2) is 66.1 Å². The van der Waals surface area contributed by atoms with E-state index in [1.165, 1.54) is 4.90 Å². The highest BCUT2D eigenvalue weighted by Crippen LogP contribution is 2.33. The van der Waals surface area contributed by atoms with Crippen molar-refractivity contribution in [2.45, 2.75) is 38.9 Å². The number of aryl methyl sites for hydroxylation is 1. The van der Waals surface area contributed by atoms with Crippen molar-refractivity contribution in [2.75, 3.05) is 43.5 Å². The van der Waals surface area contributed by atoms with Crippen LogP contribution >= 0.6 is 0 Å². The van der Waals surface area contributed by atoms with E-state index in [1.54, 1.807) is 6.07 Å². The van der Waals surface area contributed by atoms with Crippen molar-refractivity contribution in [1.82, 2.24) is 9.88 Å². The summed E-state index contributed by atoms with van der Waals surface area (Å²) in [6.45, 7) is 5.15. The van der Waals surface area contributed by atoms with E-state index in [4.69, 9.17) is 4.74 Å². The average molecular weight is 505 g/mol. The molecule has 2 atom stereocenters. The van der Waals surface area contributed by atoms with Gasteiger partial charge in [0.15, 0.2) is 0 Å². The number of carbonyl (C=O) groups excluding carboxylic acids is 1. The number of halogens is 3. The lowest BCUT2D eigenvalue weighted by atomic mass is 9.98. The van der Waals surface area contributed by atoms with Crippen molar-refractivity contribution in [3.63, 3.8) is 0 Å². The Hall–Kier alpha value is -3.11. The summed E-state index contributed by atoms with van der Waals surface area (Å²) in [5, 5.41) is 15.5. The minimum Gasteiger partial charge on any atom is -0.394 e. The molecule has 4 rings (SSSR count). The molecule has 0 radical (unpaired) electrons. The van der Waals surface area contributed by atoms with E-state index in [0.717, 1.165) is 28.0 Å². The van der Waals surface area contributed by atoms with Crippen LogP contribution in [0.15, 0.2) is 36.4 Å². The second kappa shape index (κ2) is 10.9. The molecular weight excluding hydrogens is 473 g/mol. The monoisotopic (exact) mass is 504 g/mol. The highest BCUT2D eigenvalue weighted by atomic mass is 19.4. The second-order valence-electron chi connectivity index (χ2n) is 9.48. The van der Waals surface area contributed by atoms with Gasteiger partial charge in [-0.15, -0.1) is 0 Å². The summed E-state index contributed by atoms with van der Waals surface area (Å²) in [6.07, 6.45) is -2.78. The predicted molar refractivity (Wildman–Crippen MR) is 133 cm³/mol. The molecule has 3 N–H and O–H groups in total. The van der Waals surface area contributed by atoms with Crippen LogP contribution in [0.3, 0.4) is 0 Å². The molecule has 194 valence electrons. The number of aromatic nitrogens is 1. The molecule has 0 aliphatic carbocycles. The van der Waals surface area contributed by atoms with Gasteiger partial charge < -0.3 is 25.4 Å². The van der Waals surface area contributed by atoms with E-state index >= 15 is 0 Å². The zero-order valence-corrected chi connectivity index (χ0v) is 20.4. The number of likely N-dealkylation sites (tertiary alicyclic amines) is 1. The molecule has 1 aromatic carbocycles. The molecule has 1 saturated heterocycles. The third-order valence-corrected chi connectivity index (χ3v) is 6.42. The Morgan fingerprint density at radius 1 is 1.31 bits per heavy atom. The second-order valence-corrected chi connectivity index (χ2v) is 9.48. The van der Waals surface area contributed by atoms with Crippen LogP contribution in [0.1, 0.15) is 31.0 Å². The van der Waals surface area contributed by atoms with Gasteiger partial charge in [0.1, 0.15) is 5.82 Å². The SMILES string of the molecule is Cc1ccc(NC(=O)N2CC[C@@H](CC(F)(F)F)C2)cc1-c1cc(N[C@H](C)CO)nc(C2=CCOC2)c1. The molecule has 0 bridgehead atoms. The highest BCUT2D eigenvalue weighted by molar-refractivity contribution is 5.91. The quantitative estimate of drug-likeness (QED) is 0.490. The number of pyridine rings is 1. The summed E-state index contributed by atoms with van der Waals surface area (Å²) in [7, 11) is 0. The predicted octanol–water partition coefficient (Wildman–Crippen LogP) is 5.07. The Bertz CT molecular complexity index is 1140. The third-order valence-electron chi connectivity index (χ3n) is 6.42. The Balaban J connectivity index is 1.56. The number of nitrogens with zero attached hydrogens (tertiary/aromatic N) is 2. The zero-order chi connectivity index (χ0) is 25.9. The fraction of sp³-hybridized carbons (Fsp3) is 0.462. The fourth-order valence-corrected chi connectivity index (χ4v) is 4.51. The third kappa shape index (κ3) is 6.55. The van der Waals surface area contributed by atoms with Crippen LogP contribution in [-0.2, 0) is 4.74 Å². The molecule has 1 fully saturated rings. The van der Waals surface area contributed by atoms with Crippen LogP contribution < -0.4 is 10.6 Å². The number of anilines is 2. The van der Waals surface area contributed by atoms with Crippen molar-refractivity contribution >= 4 is 23.1 Å². The molecule has 0 unspecified atom stereocenters. The van der Waals surface area contributed by atoms with Crippen LogP contribution in [0, 0.1) is 12.8 Å². The van der Waals surface area contributed by atoms with E-state index < -0.39 is 24.5 Å². The molecule has 2 aliphatic rings. The maximum Gasteiger partial charge on any atom is 0.389 e. The van der Waals surface area contributed by atoms with Crippen molar-refractivity contribution in [2.24, 2.45) is 5.92 Å². The van der Waals surface area contributed by atoms with Gasteiger partial charge in [-0.2, -0.15) is 13.2 Å². The molecular formula is C26H31F3N4O3. The van der Waals surface area contributed by atoms with Gasteiger partial charge >= 0.3 is 12.2 Å². The zero-order valence-electron chi connectivity index (χ0n) is 20.4. The summed E-state index contributed by atoms with van der Waals surface area (Å²) in [5.41, 5.74) is 5.03. The lowest BCUT2D eigenvalue weighted by molar-refractivity contribution is -0.143. The molecule has 0 saturated carbocycles. The van der Waals surface area contributed by atoms with E-state index in [9.17, 15) is 23.1 Å². The number of rotatable bonds is 7. The summed E-state index contributed by atoms with van der Waals surface area (Å²) in [5.74, 6) is 0.0409. The summed E-state index contributed by atoms with van der Waals surface area (Å²) < 4.78 is 43.6. The normalized spacial score (nSPS) is 18.8. The van der Waals surface area contributed by atoms with Gasteiger partial charge in [0.05, 0.1) is 25.5 Å². The molecule has 1 aromatic heterocycles. The Morgan fingerprint density at radius 2 is 2.11 bits per heavy atom. The Labute approximate surface area is 208 Å². The van der Waals surface area contributed by atoms with Crippen LogP contribution in [0.25, 0.3) is 16.7 Å². The first-order valence-electron chi connectivity index (χ1n) is 12.0. The number of nitrogens with one attached hydrogen (secondary N) is 2. The number of hydrogen-bond acceptors (Lipinski definition) is 5. The lowest BCUT2D eigenvalue weighted by Crippen LogP contribution is -2.33. The smallest absolute Gasteiger partial charge is 0.389 e. The number of carbonyl (C=O) groups is 1. The first-order chi connectivity index (χ1) is 17.1. The summed E-state index contributed by atoms with van der Waals surface area (Å²) in [6, 6.07) is 8.79. The van der Waals surface area contributed by atoms with Gasteiger partial charge in [0.25, 0.3) is 0 Å². The molecule has 10 heteroatoms. The van der Waals surface area contributed by atoms with Crippen molar-refractivity contribution in [3.05, 3.63) is 47.7 Å². The van der Waals surface area contributed by atoms with Crippen molar-refractivity contribution in [1.29, 1.82) is 0 Å². The standard InChI is InChI=1S/C26H31F3N4O3/c1-16-3-4-21(31-25(35)33-7-5-18(13-33)12-26(27,28)29)11-22(16)20-9-23(19-6-8-36-15-19)32-24(10-20)30-17(2)14-34/h3-4,6,9-11,17-18,34H,5,7-8,12-15H2,1-2H3,(H,30,32)(H,31,35)/t17-,18+/m1/s1.